The van der Waals surface area contributed by atoms with Crippen LogP contribution in [0, 0.1) is 17.3 Å². The Balaban J connectivity index is 2.57. The molecule has 0 aliphatic carbocycles. The van der Waals surface area contributed by atoms with Crippen LogP contribution in [0.3, 0.4) is 0 Å². The first kappa shape index (κ1) is 15.0. The molecule has 2 nitrogen and oxygen atoms in total. The van der Waals surface area contributed by atoms with Crippen molar-refractivity contribution in [3.05, 3.63) is 0 Å². The fourth-order valence-corrected chi connectivity index (χ4v) is 2.37. The maximum Gasteiger partial charge on any atom is 0.0217 e. The van der Waals surface area contributed by atoms with Gasteiger partial charge in [0.25, 0.3) is 0 Å². The molecule has 17 heavy (non-hydrogen) atoms. The van der Waals surface area contributed by atoms with Crippen LogP contribution in [0.2, 0.25) is 0 Å². The Morgan fingerprint density at radius 1 is 1.24 bits per heavy atom. The normalized spacial score (nSPS) is 24.4. The fraction of sp³-hybridized carbons (Fsp3) is 1.00. The lowest BCUT2D eigenvalue weighted by atomic mass is 9.80. The molecule has 1 saturated heterocycles. The van der Waals surface area contributed by atoms with Gasteiger partial charge in [0.2, 0.25) is 0 Å². The lowest BCUT2D eigenvalue weighted by Crippen LogP contribution is -2.45. The lowest BCUT2D eigenvalue weighted by molar-refractivity contribution is 0.127. The third-order valence-corrected chi connectivity index (χ3v) is 4.51. The predicted molar refractivity (Wildman–Crippen MR) is 76.3 cm³/mol. The van der Waals surface area contributed by atoms with Crippen molar-refractivity contribution in [1.82, 2.24) is 10.2 Å². The summed E-state index contributed by atoms with van der Waals surface area (Å²) in [5.74, 6) is 1.48. The number of hydrogen-bond donors (Lipinski definition) is 1. The summed E-state index contributed by atoms with van der Waals surface area (Å²) in [5, 5.41) is 3.68. The van der Waals surface area contributed by atoms with Gasteiger partial charge in [-0.2, -0.15) is 0 Å². The summed E-state index contributed by atoms with van der Waals surface area (Å²) in [5.41, 5.74) is 0.422. The third kappa shape index (κ3) is 4.59. The van der Waals surface area contributed by atoms with E-state index in [1.807, 2.05) is 0 Å². The zero-order valence-electron chi connectivity index (χ0n) is 12.7. The first-order valence-corrected chi connectivity index (χ1v) is 7.28. The topological polar surface area (TPSA) is 15.3 Å². The molecule has 0 aromatic heterocycles. The van der Waals surface area contributed by atoms with Crippen LogP contribution in [0.15, 0.2) is 0 Å². The van der Waals surface area contributed by atoms with Crippen LogP contribution in [0.1, 0.15) is 48.0 Å². The van der Waals surface area contributed by atoms with Crippen molar-refractivity contribution >= 4 is 0 Å². The summed E-state index contributed by atoms with van der Waals surface area (Å²) < 4.78 is 0. The molecular formula is C15H32N2. The molecule has 0 aromatic carbocycles. The van der Waals surface area contributed by atoms with Gasteiger partial charge in [-0.15, -0.1) is 0 Å². The summed E-state index contributed by atoms with van der Waals surface area (Å²) in [6.45, 7) is 19.0. The number of nitrogens with one attached hydrogen (secondary N) is 1. The summed E-state index contributed by atoms with van der Waals surface area (Å²) in [4.78, 5) is 2.67. The zero-order valence-corrected chi connectivity index (χ0v) is 12.7. The molecule has 1 fully saturated rings. The van der Waals surface area contributed by atoms with E-state index in [9.17, 15) is 0 Å². The average Bonchev–Trinajstić information content (AvgIpc) is 2.42. The van der Waals surface area contributed by atoms with Crippen molar-refractivity contribution in [2.24, 2.45) is 17.3 Å². The molecule has 1 rings (SSSR count). The second kappa shape index (κ2) is 6.19. The Kier molecular flexibility index (Phi) is 5.46. The molecule has 1 aliphatic rings. The van der Waals surface area contributed by atoms with Crippen LogP contribution in [0.5, 0.6) is 0 Å². The predicted octanol–water partition coefficient (Wildman–Crippen LogP) is 2.99. The number of nitrogens with zero attached hydrogens (tertiary/aromatic N) is 1. The van der Waals surface area contributed by atoms with E-state index in [4.69, 9.17) is 0 Å². The van der Waals surface area contributed by atoms with Crippen molar-refractivity contribution in [2.45, 2.75) is 54.0 Å². The summed E-state index contributed by atoms with van der Waals surface area (Å²) in [7, 11) is 0. The summed E-state index contributed by atoms with van der Waals surface area (Å²) in [6, 6.07) is 0.667. The van der Waals surface area contributed by atoms with Gasteiger partial charge in [-0.05, 0) is 36.8 Å². The first-order valence-electron chi connectivity index (χ1n) is 7.28. The lowest BCUT2D eigenvalue weighted by Gasteiger charge is -2.36. The molecule has 0 amide bonds. The van der Waals surface area contributed by atoms with Gasteiger partial charge >= 0.3 is 0 Å². The Morgan fingerprint density at radius 2 is 1.88 bits per heavy atom. The molecule has 1 heterocycles. The highest BCUT2D eigenvalue weighted by Crippen LogP contribution is 2.27. The molecular weight excluding hydrogens is 208 g/mol. The smallest absolute Gasteiger partial charge is 0.0217 e. The number of hydrogen-bond acceptors (Lipinski definition) is 2. The summed E-state index contributed by atoms with van der Waals surface area (Å²) in [6.07, 6.45) is 1.29. The van der Waals surface area contributed by atoms with Crippen LogP contribution in [0.4, 0.5) is 0 Å². The molecule has 0 saturated carbocycles. The molecule has 0 radical (unpaired) electrons. The second-order valence-electron chi connectivity index (χ2n) is 7.04. The molecule has 102 valence electrons. The van der Waals surface area contributed by atoms with Crippen molar-refractivity contribution < 1.29 is 0 Å². The Hall–Kier alpha value is -0.0800. The highest BCUT2D eigenvalue weighted by molar-refractivity contribution is 4.83. The highest BCUT2D eigenvalue weighted by atomic mass is 15.2. The molecule has 1 unspecified atom stereocenters. The SMILES string of the molecule is CC(C)C1CN(CC(C)(C)C(C)C)CCCN1. The van der Waals surface area contributed by atoms with Crippen molar-refractivity contribution in [3.8, 4) is 0 Å². The molecule has 0 aromatic rings. The van der Waals surface area contributed by atoms with Crippen LogP contribution in [0.25, 0.3) is 0 Å². The maximum absolute atomic E-state index is 3.68. The second-order valence-corrected chi connectivity index (χ2v) is 7.04. The van der Waals surface area contributed by atoms with Gasteiger partial charge < -0.3 is 10.2 Å². The standard InChI is InChI=1S/C15H32N2/c1-12(2)14-10-17(9-7-8-16-14)11-15(5,6)13(3)4/h12-14,16H,7-11H2,1-6H3. The van der Waals surface area contributed by atoms with E-state index in [0.29, 0.717) is 11.5 Å². The van der Waals surface area contributed by atoms with E-state index < -0.39 is 0 Å². The van der Waals surface area contributed by atoms with E-state index in [2.05, 4.69) is 51.8 Å². The largest absolute Gasteiger partial charge is 0.312 e. The first-order chi connectivity index (χ1) is 7.83. The van der Waals surface area contributed by atoms with Crippen LogP contribution >= 0.6 is 0 Å². The van der Waals surface area contributed by atoms with Crippen molar-refractivity contribution in [1.29, 1.82) is 0 Å². The van der Waals surface area contributed by atoms with Crippen LogP contribution in [-0.2, 0) is 0 Å². The summed E-state index contributed by atoms with van der Waals surface area (Å²) >= 11 is 0. The van der Waals surface area contributed by atoms with Gasteiger partial charge in [0, 0.05) is 19.1 Å². The Bertz CT molecular complexity index is 221. The van der Waals surface area contributed by atoms with E-state index in [-0.39, 0.29) is 0 Å². The van der Waals surface area contributed by atoms with Gasteiger partial charge in [-0.1, -0.05) is 41.5 Å². The maximum atomic E-state index is 3.68. The molecule has 0 spiro atoms. The van der Waals surface area contributed by atoms with Crippen molar-refractivity contribution in [2.75, 3.05) is 26.2 Å². The number of rotatable bonds is 4. The quantitative estimate of drug-likeness (QED) is 0.812. The minimum Gasteiger partial charge on any atom is -0.312 e. The van der Waals surface area contributed by atoms with E-state index in [1.165, 1.54) is 32.6 Å². The molecule has 2 heteroatoms. The highest BCUT2D eigenvalue weighted by Gasteiger charge is 2.28. The van der Waals surface area contributed by atoms with E-state index in [1.54, 1.807) is 0 Å². The van der Waals surface area contributed by atoms with E-state index in [0.717, 1.165) is 11.8 Å². The van der Waals surface area contributed by atoms with Gasteiger partial charge in [0.15, 0.2) is 0 Å². The minimum atomic E-state index is 0.422. The Morgan fingerprint density at radius 3 is 2.41 bits per heavy atom. The van der Waals surface area contributed by atoms with Gasteiger partial charge in [-0.25, -0.2) is 0 Å². The van der Waals surface area contributed by atoms with Gasteiger partial charge in [0.05, 0.1) is 0 Å². The van der Waals surface area contributed by atoms with Gasteiger partial charge in [0.1, 0.15) is 0 Å². The van der Waals surface area contributed by atoms with Crippen LogP contribution < -0.4 is 5.32 Å². The van der Waals surface area contributed by atoms with E-state index >= 15 is 0 Å². The molecule has 1 aliphatic heterocycles. The van der Waals surface area contributed by atoms with Crippen LogP contribution in [-0.4, -0.2) is 37.1 Å². The Labute approximate surface area is 108 Å². The third-order valence-electron chi connectivity index (χ3n) is 4.51. The zero-order chi connectivity index (χ0) is 13.1. The van der Waals surface area contributed by atoms with Gasteiger partial charge in [-0.3, -0.25) is 0 Å². The molecule has 0 bridgehead atoms. The minimum absolute atomic E-state index is 0.422. The molecule has 1 atom stereocenters. The monoisotopic (exact) mass is 240 g/mol. The fourth-order valence-electron chi connectivity index (χ4n) is 2.37. The van der Waals surface area contributed by atoms with Crippen molar-refractivity contribution in [3.63, 3.8) is 0 Å². The average molecular weight is 240 g/mol. The molecule has 1 N–H and O–H groups in total.